The summed E-state index contributed by atoms with van der Waals surface area (Å²) in [5.74, 6) is 0.532. The molecule has 0 unspecified atom stereocenters. The van der Waals surface area contributed by atoms with Crippen molar-refractivity contribution in [3.05, 3.63) is 48.3 Å². The predicted molar refractivity (Wildman–Crippen MR) is 67.3 cm³/mol. The van der Waals surface area contributed by atoms with Gasteiger partial charge in [-0.25, -0.2) is 4.68 Å². The van der Waals surface area contributed by atoms with Crippen molar-refractivity contribution >= 4 is 5.78 Å². The Labute approximate surface area is 101 Å². The van der Waals surface area contributed by atoms with E-state index in [0.717, 1.165) is 5.69 Å². The van der Waals surface area contributed by atoms with Crippen LogP contribution in [0.5, 0.6) is 0 Å². The summed E-state index contributed by atoms with van der Waals surface area (Å²) < 4.78 is 1.73. The number of carbonyl (C=O) groups is 1. The minimum Gasteiger partial charge on any atom is -0.294 e. The monoisotopic (exact) mass is 228 g/mol. The molecule has 0 radical (unpaired) electrons. The summed E-state index contributed by atoms with van der Waals surface area (Å²) in [5.41, 5.74) is 1.65. The van der Waals surface area contributed by atoms with Crippen LogP contribution in [0.25, 0.3) is 5.69 Å². The lowest BCUT2D eigenvalue weighted by atomic mass is 10.0. The highest BCUT2D eigenvalue weighted by Gasteiger charge is 2.10. The standard InChI is InChI=1S/C14H16N2O/c1-11(2)8-14(17)12-9-15-16(10-12)13-6-4-3-5-7-13/h3-7,9-11H,8H2,1-2H3. The second-order valence-corrected chi connectivity index (χ2v) is 4.53. The Bertz CT molecular complexity index is 500. The number of rotatable bonds is 4. The van der Waals surface area contributed by atoms with Gasteiger partial charge in [0.05, 0.1) is 17.4 Å². The highest BCUT2D eigenvalue weighted by atomic mass is 16.1. The van der Waals surface area contributed by atoms with Crippen molar-refractivity contribution in [2.45, 2.75) is 20.3 Å². The Morgan fingerprint density at radius 1 is 1.29 bits per heavy atom. The van der Waals surface area contributed by atoms with Gasteiger partial charge in [-0.3, -0.25) is 4.79 Å². The molecule has 0 N–H and O–H groups in total. The van der Waals surface area contributed by atoms with E-state index in [1.807, 2.05) is 44.2 Å². The zero-order valence-corrected chi connectivity index (χ0v) is 10.1. The van der Waals surface area contributed by atoms with E-state index < -0.39 is 0 Å². The van der Waals surface area contributed by atoms with Gasteiger partial charge in [-0.1, -0.05) is 32.0 Å². The van der Waals surface area contributed by atoms with Gasteiger partial charge in [0.2, 0.25) is 0 Å². The van der Waals surface area contributed by atoms with Crippen LogP contribution in [0.4, 0.5) is 0 Å². The summed E-state index contributed by atoms with van der Waals surface area (Å²) in [6.45, 7) is 4.08. The molecule has 0 fully saturated rings. The van der Waals surface area contributed by atoms with Crippen molar-refractivity contribution < 1.29 is 4.79 Å². The van der Waals surface area contributed by atoms with Crippen LogP contribution >= 0.6 is 0 Å². The van der Waals surface area contributed by atoms with Crippen molar-refractivity contribution in [3.63, 3.8) is 0 Å². The molecule has 3 heteroatoms. The molecule has 0 bridgehead atoms. The number of ketones is 1. The van der Waals surface area contributed by atoms with Crippen LogP contribution in [0, 0.1) is 5.92 Å². The molecule has 3 nitrogen and oxygen atoms in total. The van der Waals surface area contributed by atoms with Crippen molar-refractivity contribution in [3.8, 4) is 5.69 Å². The Morgan fingerprint density at radius 2 is 2.00 bits per heavy atom. The van der Waals surface area contributed by atoms with Gasteiger partial charge < -0.3 is 0 Å². The van der Waals surface area contributed by atoms with E-state index in [1.165, 1.54) is 0 Å². The van der Waals surface area contributed by atoms with E-state index in [1.54, 1.807) is 17.1 Å². The van der Waals surface area contributed by atoms with Gasteiger partial charge in [-0.15, -0.1) is 0 Å². The van der Waals surface area contributed by atoms with Gasteiger partial charge in [-0.2, -0.15) is 5.10 Å². The number of hydrogen-bond donors (Lipinski definition) is 0. The minimum atomic E-state index is 0.155. The maximum Gasteiger partial charge on any atom is 0.166 e. The average molecular weight is 228 g/mol. The third kappa shape index (κ3) is 2.81. The molecule has 0 atom stereocenters. The lowest BCUT2D eigenvalue weighted by Gasteiger charge is -2.01. The first-order chi connectivity index (χ1) is 8.16. The van der Waals surface area contributed by atoms with Crippen molar-refractivity contribution in [1.29, 1.82) is 0 Å². The second-order valence-electron chi connectivity index (χ2n) is 4.53. The first kappa shape index (κ1) is 11.6. The number of para-hydroxylation sites is 1. The fraction of sp³-hybridized carbons (Fsp3) is 0.286. The molecule has 1 heterocycles. The third-order valence-electron chi connectivity index (χ3n) is 2.52. The fourth-order valence-electron chi connectivity index (χ4n) is 1.68. The zero-order chi connectivity index (χ0) is 12.3. The Kier molecular flexibility index (Phi) is 3.38. The third-order valence-corrected chi connectivity index (χ3v) is 2.52. The number of carbonyl (C=O) groups excluding carboxylic acids is 1. The molecule has 2 aromatic rings. The minimum absolute atomic E-state index is 0.155. The summed E-state index contributed by atoms with van der Waals surface area (Å²) in [7, 11) is 0. The van der Waals surface area contributed by atoms with Gasteiger partial charge in [-0.05, 0) is 18.1 Å². The summed E-state index contributed by atoms with van der Waals surface area (Å²) in [4.78, 5) is 11.8. The molecule has 0 aliphatic carbocycles. The Morgan fingerprint density at radius 3 is 2.65 bits per heavy atom. The molecule has 0 spiro atoms. The number of nitrogens with zero attached hydrogens (tertiary/aromatic N) is 2. The molecular formula is C14H16N2O. The molecule has 1 aromatic carbocycles. The zero-order valence-electron chi connectivity index (χ0n) is 10.1. The molecule has 0 saturated carbocycles. The van der Waals surface area contributed by atoms with Crippen LogP contribution < -0.4 is 0 Å². The maximum absolute atomic E-state index is 11.8. The SMILES string of the molecule is CC(C)CC(=O)c1cnn(-c2ccccc2)c1. The van der Waals surface area contributed by atoms with Crippen molar-refractivity contribution in [2.24, 2.45) is 5.92 Å². The predicted octanol–water partition coefficient (Wildman–Crippen LogP) is 3.10. The topological polar surface area (TPSA) is 34.9 Å². The summed E-state index contributed by atoms with van der Waals surface area (Å²) >= 11 is 0. The van der Waals surface area contributed by atoms with Gasteiger partial charge in [0.15, 0.2) is 5.78 Å². The first-order valence-corrected chi connectivity index (χ1v) is 5.80. The molecule has 0 aliphatic heterocycles. The lowest BCUT2D eigenvalue weighted by Crippen LogP contribution is -2.02. The Hall–Kier alpha value is -1.90. The molecule has 17 heavy (non-hydrogen) atoms. The van der Waals surface area contributed by atoms with Crippen LogP contribution in [0.2, 0.25) is 0 Å². The molecule has 0 saturated heterocycles. The van der Waals surface area contributed by atoms with Crippen molar-refractivity contribution in [1.82, 2.24) is 9.78 Å². The number of hydrogen-bond acceptors (Lipinski definition) is 2. The molecule has 1 aromatic heterocycles. The second kappa shape index (κ2) is 4.95. The van der Waals surface area contributed by atoms with E-state index in [0.29, 0.717) is 17.9 Å². The largest absolute Gasteiger partial charge is 0.294 e. The maximum atomic E-state index is 11.8. The van der Waals surface area contributed by atoms with Gasteiger partial charge in [0.1, 0.15) is 0 Å². The number of aromatic nitrogens is 2. The van der Waals surface area contributed by atoms with Crippen LogP contribution in [-0.4, -0.2) is 15.6 Å². The molecular weight excluding hydrogens is 212 g/mol. The lowest BCUT2D eigenvalue weighted by molar-refractivity contribution is 0.0968. The molecule has 2 rings (SSSR count). The molecule has 88 valence electrons. The van der Waals surface area contributed by atoms with Crippen LogP contribution in [0.1, 0.15) is 30.6 Å². The van der Waals surface area contributed by atoms with E-state index in [2.05, 4.69) is 5.10 Å². The average Bonchev–Trinajstić information content (AvgIpc) is 2.78. The van der Waals surface area contributed by atoms with Crippen LogP contribution in [0.3, 0.4) is 0 Å². The van der Waals surface area contributed by atoms with E-state index >= 15 is 0 Å². The molecule has 0 amide bonds. The molecule has 0 aliphatic rings. The van der Waals surface area contributed by atoms with Crippen LogP contribution in [0.15, 0.2) is 42.7 Å². The highest BCUT2D eigenvalue weighted by Crippen LogP contribution is 2.11. The van der Waals surface area contributed by atoms with Gasteiger partial charge in [0.25, 0.3) is 0 Å². The Balaban J connectivity index is 2.19. The smallest absolute Gasteiger partial charge is 0.166 e. The fourth-order valence-corrected chi connectivity index (χ4v) is 1.68. The van der Waals surface area contributed by atoms with E-state index in [-0.39, 0.29) is 5.78 Å². The quantitative estimate of drug-likeness (QED) is 0.754. The van der Waals surface area contributed by atoms with E-state index in [9.17, 15) is 4.79 Å². The summed E-state index contributed by atoms with van der Waals surface area (Å²) in [5, 5.41) is 4.21. The summed E-state index contributed by atoms with van der Waals surface area (Å²) in [6, 6.07) is 9.78. The number of benzene rings is 1. The van der Waals surface area contributed by atoms with Crippen LogP contribution in [-0.2, 0) is 0 Å². The van der Waals surface area contributed by atoms with Gasteiger partial charge >= 0.3 is 0 Å². The number of Topliss-reactive ketones (excluding diaryl/α,β-unsaturated/α-hetero) is 1. The van der Waals surface area contributed by atoms with E-state index in [4.69, 9.17) is 0 Å². The highest BCUT2D eigenvalue weighted by molar-refractivity contribution is 5.95. The normalized spacial score (nSPS) is 10.8. The van der Waals surface area contributed by atoms with Crippen molar-refractivity contribution in [2.75, 3.05) is 0 Å². The van der Waals surface area contributed by atoms with Gasteiger partial charge in [0, 0.05) is 12.6 Å². The summed E-state index contributed by atoms with van der Waals surface area (Å²) in [6.07, 6.45) is 4.00. The first-order valence-electron chi connectivity index (χ1n) is 5.80.